The zero-order valence-electron chi connectivity index (χ0n) is 12.5. The predicted octanol–water partition coefficient (Wildman–Crippen LogP) is 2.78. The highest BCUT2D eigenvalue weighted by Gasteiger charge is 2.24. The van der Waals surface area contributed by atoms with E-state index in [9.17, 15) is 9.18 Å². The average molecular weight is 282 g/mol. The van der Waals surface area contributed by atoms with Crippen LogP contribution in [0.1, 0.15) is 27.2 Å². The number of nitrogens with one attached hydrogen (secondary N) is 1. The maximum atomic E-state index is 13.7. The highest BCUT2D eigenvalue weighted by molar-refractivity contribution is 5.93. The Morgan fingerprint density at radius 3 is 2.60 bits per heavy atom. The van der Waals surface area contributed by atoms with Crippen molar-refractivity contribution in [3.8, 4) is 5.75 Å². The van der Waals surface area contributed by atoms with E-state index >= 15 is 0 Å². The van der Waals surface area contributed by atoms with Gasteiger partial charge in [0.2, 0.25) is 5.91 Å². The molecule has 0 aliphatic heterocycles. The number of hydrogen-bond acceptors (Lipinski definition) is 3. The smallest absolute Gasteiger partial charge is 0.228 e. The Kier molecular flexibility index (Phi) is 5.51. The Morgan fingerprint density at radius 1 is 1.45 bits per heavy atom. The molecule has 20 heavy (non-hydrogen) atoms. The Balaban J connectivity index is 2.83. The van der Waals surface area contributed by atoms with E-state index in [4.69, 9.17) is 10.5 Å². The Hall–Kier alpha value is -1.62. The third kappa shape index (κ3) is 4.81. The molecule has 0 spiro atoms. The van der Waals surface area contributed by atoms with E-state index in [1.165, 1.54) is 25.3 Å². The average Bonchev–Trinajstić information content (AvgIpc) is 2.37. The van der Waals surface area contributed by atoms with Crippen molar-refractivity contribution in [1.29, 1.82) is 0 Å². The molecule has 1 aromatic rings. The summed E-state index contributed by atoms with van der Waals surface area (Å²) in [5, 5.41) is 2.58. The Bertz CT molecular complexity index is 469. The fourth-order valence-corrected chi connectivity index (χ4v) is 1.98. The van der Waals surface area contributed by atoms with Gasteiger partial charge in [0.1, 0.15) is 11.6 Å². The summed E-state index contributed by atoms with van der Waals surface area (Å²) in [4.78, 5) is 12.2. The van der Waals surface area contributed by atoms with Crippen molar-refractivity contribution in [3.63, 3.8) is 0 Å². The summed E-state index contributed by atoms with van der Waals surface area (Å²) in [6, 6.07) is 4.22. The van der Waals surface area contributed by atoms with Gasteiger partial charge in [0.05, 0.1) is 18.7 Å². The molecule has 0 fully saturated rings. The number of hydrogen-bond donors (Lipinski definition) is 2. The largest absolute Gasteiger partial charge is 0.497 e. The van der Waals surface area contributed by atoms with Crippen LogP contribution in [0.2, 0.25) is 0 Å². The second kappa shape index (κ2) is 6.70. The molecule has 0 aromatic heterocycles. The molecule has 5 heteroatoms. The van der Waals surface area contributed by atoms with Crippen molar-refractivity contribution >= 4 is 11.6 Å². The lowest BCUT2D eigenvalue weighted by Crippen LogP contribution is -2.32. The molecule has 3 N–H and O–H groups in total. The summed E-state index contributed by atoms with van der Waals surface area (Å²) in [5.41, 5.74) is 5.74. The lowest BCUT2D eigenvalue weighted by atomic mass is 9.84. The lowest BCUT2D eigenvalue weighted by molar-refractivity contribution is -0.120. The monoisotopic (exact) mass is 282 g/mol. The van der Waals surface area contributed by atoms with E-state index < -0.39 is 5.82 Å². The number of benzene rings is 1. The van der Waals surface area contributed by atoms with E-state index in [-0.39, 0.29) is 29.5 Å². The van der Waals surface area contributed by atoms with Crippen LogP contribution in [0.3, 0.4) is 0 Å². The van der Waals surface area contributed by atoms with Gasteiger partial charge in [-0.15, -0.1) is 0 Å². The number of rotatable bonds is 5. The van der Waals surface area contributed by atoms with Gasteiger partial charge in [-0.3, -0.25) is 4.79 Å². The van der Waals surface area contributed by atoms with Crippen LogP contribution in [-0.4, -0.2) is 19.6 Å². The topological polar surface area (TPSA) is 64.3 Å². The normalized spacial score (nSPS) is 12.9. The van der Waals surface area contributed by atoms with Crippen molar-refractivity contribution in [2.24, 2.45) is 17.1 Å². The molecule has 0 bridgehead atoms. The van der Waals surface area contributed by atoms with Gasteiger partial charge < -0.3 is 15.8 Å². The van der Waals surface area contributed by atoms with E-state index in [0.717, 1.165) is 0 Å². The first-order valence-corrected chi connectivity index (χ1v) is 6.61. The number of amides is 1. The molecule has 0 aliphatic carbocycles. The van der Waals surface area contributed by atoms with Gasteiger partial charge >= 0.3 is 0 Å². The van der Waals surface area contributed by atoms with Gasteiger partial charge in [-0.05, 0) is 24.0 Å². The van der Waals surface area contributed by atoms with Crippen molar-refractivity contribution in [2.75, 3.05) is 19.0 Å². The van der Waals surface area contributed by atoms with Gasteiger partial charge in [0.15, 0.2) is 0 Å². The number of anilines is 1. The van der Waals surface area contributed by atoms with Gasteiger partial charge in [-0.1, -0.05) is 20.8 Å². The van der Waals surface area contributed by atoms with E-state index in [1.54, 1.807) is 0 Å². The van der Waals surface area contributed by atoms with Crippen LogP contribution >= 0.6 is 0 Å². The van der Waals surface area contributed by atoms with Crippen molar-refractivity contribution < 1.29 is 13.9 Å². The first kappa shape index (κ1) is 16.4. The zero-order valence-corrected chi connectivity index (χ0v) is 12.5. The van der Waals surface area contributed by atoms with Gasteiger partial charge in [0, 0.05) is 12.6 Å². The molecule has 1 unspecified atom stereocenters. The second-order valence-electron chi connectivity index (χ2n) is 6.03. The van der Waals surface area contributed by atoms with Gasteiger partial charge in [-0.25, -0.2) is 4.39 Å². The summed E-state index contributed by atoms with van der Waals surface area (Å²) in [7, 11) is 1.49. The Morgan fingerprint density at radius 2 is 2.10 bits per heavy atom. The standard InChI is InChI=1S/C15H23FN2O2/c1-15(2,3)8-10(9-17)14(19)18-13-7-11(20-4)5-6-12(13)16/h5-7,10H,8-9,17H2,1-4H3,(H,18,19). The van der Waals surface area contributed by atoms with Crippen LogP contribution in [-0.2, 0) is 4.79 Å². The van der Waals surface area contributed by atoms with Crippen molar-refractivity contribution in [2.45, 2.75) is 27.2 Å². The minimum Gasteiger partial charge on any atom is -0.497 e. The SMILES string of the molecule is COc1ccc(F)c(NC(=O)C(CN)CC(C)(C)C)c1. The van der Waals surface area contributed by atoms with E-state index in [2.05, 4.69) is 5.32 Å². The minimum atomic E-state index is -0.495. The molecule has 0 saturated heterocycles. The van der Waals surface area contributed by atoms with Crippen LogP contribution in [0.15, 0.2) is 18.2 Å². The van der Waals surface area contributed by atoms with E-state index in [1.807, 2.05) is 20.8 Å². The molecular formula is C15H23FN2O2. The van der Waals surface area contributed by atoms with Gasteiger partial charge in [-0.2, -0.15) is 0 Å². The molecular weight excluding hydrogens is 259 g/mol. The van der Waals surface area contributed by atoms with Crippen LogP contribution in [0.4, 0.5) is 10.1 Å². The van der Waals surface area contributed by atoms with Crippen LogP contribution in [0.5, 0.6) is 5.75 Å². The Labute approximate surface area is 119 Å². The number of ether oxygens (including phenoxy) is 1. The van der Waals surface area contributed by atoms with Crippen LogP contribution < -0.4 is 15.8 Å². The molecule has 1 atom stereocenters. The summed E-state index contributed by atoms with van der Waals surface area (Å²) in [6.45, 7) is 6.34. The number of carbonyl (C=O) groups excluding carboxylic acids is 1. The van der Waals surface area contributed by atoms with Crippen molar-refractivity contribution in [3.05, 3.63) is 24.0 Å². The van der Waals surface area contributed by atoms with E-state index in [0.29, 0.717) is 12.2 Å². The zero-order chi connectivity index (χ0) is 15.3. The predicted molar refractivity (Wildman–Crippen MR) is 78.2 cm³/mol. The molecule has 0 heterocycles. The highest BCUT2D eigenvalue weighted by Crippen LogP contribution is 2.26. The number of nitrogens with two attached hydrogens (primary N) is 1. The minimum absolute atomic E-state index is 0.0195. The van der Waals surface area contributed by atoms with Crippen LogP contribution in [0.25, 0.3) is 0 Å². The quantitative estimate of drug-likeness (QED) is 0.872. The van der Waals surface area contributed by atoms with Crippen molar-refractivity contribution in [1.82, 2.24) is 0 Å². The third-order valence-corrected chi connectivity index (χ3v) is 2.95. The first-order valence-electron chi connectivity index (χ1n) is 6.61. The molecule has 1 amide bonds. The second-order valence-corrected chi connectivity index (χ2v) is 6.03. The molecule has 0 aliphatic rings. The highest BCUT2D eigenvalue weighted by atomic mass is 19.1. The van der Waals surface area contributed by atoms with Crippen LogP contribution in [0, 0.1) is 17.2 Å². The third-order valence-electron chi connectivity index (χ3n) is 2.95. The maximum absolute atomic E-state index is 13.7. The molecule has 4 nitrogen and oxygen atoms in total. The molecule has 112 valence electrons. The number of carbonyl (C=O) groups is 1. The molecule has 0 saturated carbocycles. The maximum Gasteiger partial charge on any atom is 0.228 e. The summed E-state index contributed by atoms with van der Waals surface area (Å²) < 4.78 is 18.7. The summed E-state index contributed by atoms with van der Waals surface area (Å²) >= 11 is 0. The fourth-order valence-electron chi connectivity index (χ4n) is 1.98. The number of halogens is 1. The first-order chi connectivity index (χ1) is 9.26. The fraction of sp³-hybridized carbons (Fsp3) is 0.533. The molecule has 1 aromatic carbocycles. The lowest BCUT2D eigenvalue weighted by Gasteiger charge is -2.24. The summed E-state index contributed by atoms with van der Waals surface area (Å²) in [5.74, 6) is -0.623. The number of methoxy groups -OCH3 is 1. The summed E-state index contributed by atoms with van der Waals surface area (Å²) in [6.07, 6.45) is 0.640. The molecule has 1 rings (SSSR count). The van der Waals surface area contributed by atoms with Gasteiger partial charge in [0.25, 0.3) is 0 Å². The molecule has 0 radical (unpaired) electrons.